The van der Waals surface area contributed by atoms with Gasteiger partial charge in [-0.2, -0.15) is 0 Å². The summed E-state index contributed by atoms with van der Waals surface area (Å²) < 4.78 is 0. The average molecular weight is 1530 g/mol. The van der Waals surface area contributed by atoms with Gasteiger partial charge in [0.2, 0.25) is 76.8 Å². The number of carboxylic acid groups (broad SMARTS) is 3. The van der Waals surface area contributed by atoms with Gasteiger partial charge >= 0.3 is 17.9 Å². The highest BCUT2D eigenvalue weighted by Gasteiger charge is 2.39. The van der Waals surface area contributed by atoms with Gasteiger partial charge in [-0.25, -0.2) is 9.78 Å². The van der Waals surface area contributed by atoms with Crippen molar-refractivity contribution in [2.45, 2.75) is 179 Å². The molecule has 0 aliphatic carbocycles. The molecule has 0 saturated carbocycles. The third-order valence-electron chi connectivity index (χ3n) is 16.8. The molecule has 20 N–H and O–H groups in total. The Morgan fingerprint density at radius 2 is 1.09 bits per heavy atom. The molecule has 6 rings (SSSR count). The van der Waals surface area contributed by atoms with E-state index in [4.69, 9.17) is 0 Å². The summed E-state index contributed by atoms with van der Waals surface area (Å²) in [6.07, 6.45) is 0.880. The number of para-hydroxylation sites is 2. The Balaban J connectivity index is 1.43. The van der Waals surface area contributed by atoms with Gasteiger partial charge in [-0.05, 0) is 68.7 Å². The van der Waals surface area contributed by atoms with E-state index in [2.05, 4.69) is 89.1 Å². The number of nitrogens with zero attached hydrogens (tertiary/aromatic N) is 1. The van der Waals surface area contributed by atoms with Crippen LogP contribution in [0.2, 0.25) is 0 Å². The number of nitrogens with one attached hydrogen (secondary N) is 16. The molecule has 4 heterocycles. The number of hydrogen-bond acceptors (Lipinski definition) is 20. The lowest BCUT2D eigenvalue weighted by atomic mass is 9.98. The van der Waals surface area contributed by atoms with Crippen molar-refractivity contribution < 1.29 is 97.1 Å². The van der Waals surface area contributed by atoms with Crippen LogP contribution in [-0.4, -0.2) is 232 Å². The fourth-order valence-electron chi connectivity index (χ4n) is 11.2. The van der Waals surface area contributed by atoms with E-state index in [1.165, 1.54) is 26.4 Å². The van der Waals surface area contributed by atoms with Crippen LogP contribution >= 0.6 is 21.6 Å². The smallest absolute Gasteiger partial charge is 0.328 e. The van der Waals surface area contributed by atoms with E-state index in [1.807, 2.05) is 0 Å². The number of hydrogen-bond donors (Lipinski definition) is 20. The van der Waals surface area contributed by atoms with Gasteiger partial charge in [-0.3, -0.25) is 71.9 Å². The summed E-state index contributed by atoms with van der Waals surface area (Å²) in [6, 6.07) is -6.06. The first-order valence-electron chi connectivity index (χ1n) is 34.1. The van der Waals surface area contributed by atoms with Crippen molar-refractivity contribution in [2.24, 2.45) is 11.8 Å². The molecule has 39 heteroatoms. The van der Waals surface area contributed by atoms with Crippen LogP contribution in [0.15, 0.2) is 73.4 Å². The number of aliphatic hydroxyl groups excluding tert-OH is 1. The topological polar surface area (TPSA) is 571 Å². The second-order valence-corrected chi connectivity index (χ2v) is 28.9. The largest absolute Gasteiger partial charge is 0.481 e. The van der Waals surface area contributed by atoms with E-state index in [1.54, 1.807) is 88.6 Å². The summed E-state index contributed by atoms with van der Waals surface area (Å²) in [5.41, 5.74) is 2.40. The number of H-pyrrole nitrogens is 3. The molecule has 0 bridgehead atoms. The van der Waals surface area contributed by atoms with Gasteiger partial charge < -0.3 is 104 Å². The van der Waals surface area contributed by atoms with Crippen molar-refractivity contribution in [3.05, 3.63) is 90.3 Å². The lowest BCUT2D eigenvalue weighted by Gasteiger charge is -2.29. The molecular formula is C68H91N17O20S2. The molecule has 580 valence electrons. The van der Waals surface area contributed by atoms with Gasteiger partial charge in [-0.1, -0.05) is 85.7 Å². The zero-order chi connectivity index (χ0) is 78.9. The summed E-state index contributed by atoms with van der Waals surface area (Å²) in [7, 11) is 1.48. The van der Waals surface area contributed by atoms with Crippen molar-refractivity contribution in [2.75, 3.05) is 18.1 Å². The minimum absolute atomic E-state index is 0.103. The van der Waals surface area contributed by atoms with E-state index in [9.17, 15) is 92.3 Å². The number of aliphatic hydroxyl groups is 1. The Hall–Kier alpha value is -11.1. The lowest BCUT2D eigenvalue weighted by Crippen LogP contribution is -2.61. The summed E-state index contributed by atoms with van der Waals surface area (Å²) >= 11 is 0. The second kappa shape index (κ2) is 40.4. The first-order valence-corrected chi connectivity index (χ1v) is 36.6. The van der Waals surface area contributed by atoms with Crippen LogP contribution in [0.25, 0.3) is 21.8 Å². The molecule has 3 aromatic heterocycles. The number of aromatic nitrogens is 4. The number of fused-ring (bicyclic) bond motifs is 2. The number of carbonyl (C=O) groups is 16. The summed E-state index contributed by atoms with van der Waals surface area (Å²) in [5.74, 6) is -20.2. The SMILES string of the molecule is CC(=O)N[C@@H](CC(=O)O)C(=O)N[C@H]1CSSC[C@@H](C(=O)N[C@H](C(=O)O)[C@@H](C)O)NC(=O)[C@H](Cc2c[nH]c3ccccc23)NC(=O)[C@H](C(C)C)NC(=O)[C@H](CC(C)C)NC(=O)[C@H](CCC(=O)O)NC(=O)CNC(=O)C(C)NC(=O)[C@H](Cc2c[nH]cn2)NC(=O)[C@H](Cc2c[nH]c3ccccc23)NC(=O)[C@H](C)NC1=O. The quantitative estimate of drug-likeness (QED) is 0.0332. The number of rotatable bonds is 21. The standard InChI is InChI=1S/C68H91N17O20S2/c1-31(2)19-45-64(100)84-55(32(3)4)67(103)81-47(21-38-25-71-43-16-12-10-14-41(38)43)62(98)83-51(66(102)85-56(35(7)86)68(104)105)29-107-106-28-50(82-63(99)49(23-54(91)92)76-36(8)87)65(101)75-34(6)58(94)78-46(20-37-24-70-42-15-11-9-13-40(37)42)61(97)80-48(22-39-26-69-30-73-39)60(96)74-33(5)57(93)72-27-52(88)77-44(59(95)79-45)17-18-53(89)90/h9-16,24-26,30-35,44-51,55-56,70-71,86H,17-23,27-29H2,1-8H3,(H,69,73)(H,72,93)(H,74,96)(H,75,101)(H,76,87)(H,77,88)(H,78,94)(H,79,95)(H,80,97)(H,81,103)(H,82,99)(H,83,98)(H,84,100)(H,85,102)(H,89,90)(H,91,92)(H,104,105)/t33?,34-,35+,44-,45-,46-,47-,48-,49-,50-,51-,55-,56-/m0/s1. The van der Waals surface area contributed by atoms with Crippen molar-refractivity contribution in [1.29, 1.82) is 0 Å². The maximum absolute atomic E-state index is 15.0. The van der Waals surface area contributed by atoms with E-state index < -0.39 is 217 Å². The predicted molar refractivity (Wildman–Crippen MR) is 387 cm³/mol. The zero-order valence-electron chi connectivity index (χ0n) is 59.7. The number of aliphatic carboxylic acids is 3. The third-order valence-corrected chi connectivity index (χ3v) is 19.2. The van der Waals surface area contributed by atoms with Crippen LogP contribution < -0.4 is 69.1 Å². The number of amides is 13. The van der Waals surface area contributed by atoms with E-state index >= 15 is 4.79 Å². The molecule has 1 aliphatic heterocycles. The zero-order valence-corrected chi connectivity index (χ0v) is 61.4. The molecule has 0 radical (unpaired) electrons. The maximum Gasteiger partial charge on any atom is 0.328 e. The van der Waals surface area contributed by atoms with Gasteiger partial charge in [0.1, 0.15) is 66.5 Å². The summed E-state index contributed by atoms with van der Waals surface area (Å²) in [4.78, 5) is 234. The molecule has 1 saturated heterocycles. The number of carboxylic acids is 3. The van der Waals surface area contributed by atoms with Gasteiger partial charge in [0, 0.05) is 84.5 Å². The van der Waals surface area contributed by atoms with Gasteiger partial charge in [0.05, 0.1) is 31.1 Å². The molecule has 107 heavy (non-hydrogen) atoms. The number of imidazole rings is 1. The third kappa shape index (κ3) is 26.2. The van der Waals surface area contributed by atoms with Gasteiger partial charge in [-0.15, -0.1) is 0 Å². The summed E-state index contributed by atoms with van der Waals surface area (Å²) in [5, 5.41) is 73.2. The van der Waals surface area contributed by atoms with Crippen LogP contribution in [0.4, 0.5) is 0 Å². The summed E-state index contributed by atoms with van der Waals surface area (Å²) in [6.45, 7) is 10.1. The molecule has 1 aliphatic rings. The fourth-order valence-corrected chi connectivity index (χ4v) is 13.5. The van der Waals surface area contributed by atoms with Gasteiger partial charge in [0.15, 0.2) is 6.04 Å². The van der Waals surface area contributed by atoms with Crippen molar-refractivity contribution in [3.63, 3.8) is 0 Å². The normalized spacial score (nSPS) is 23.1. The Kier molecular flexibility index (Phi) is 32.0. The molecule has 1 fully saturated rings. The fraction of sp³-hybridized carbons (Fsp3) is 0.485. The van der Waals surface area contributed by atoms with Crippen molar-refractivity contribution in [3.8, 4) is 0 Å². The highest BCUT2D eigenvalue weighted by atomic mass is 33.1. The first kappa shape index (κ1) is 84.8. The van der Waals surface area contributed by atoms with E-state index in [0.29, 0.717) is 32.9 Å². The average Bonchev–Trinajstić information content (AvgIpc) is 1.53. The first-order chi connectivity index (χ1) is 50.6. The van der Waals surface area contributed by atoms with Crippen molar-refractivity contribution in [1.82, 2.24) is 89.1 Å². The number of carbonyl (C=O) groups excluding carboxylic acids is 13. The number of benzene rings is 2. The molecular weight excluding hydrogens is 1440 g/mol. The maximum atomic E-state index is 15.0. The van der Waals surface area contributed by atoms with E-state index in [0.717, 1.165) is 35.4 Å². The van der Waals surface area contributed by atoms with Crippen LogP contribution in [0.3, 0.4) is 0 Å². The second-order valence-electron chi connectivity index (χ2n) is 26.3. The van der Waals surface area contributed by atoms with Crippen LogP contribution in [-0.2, 0) is 96.0 Å². The molecule has 37 nitrogen and oxygen atoms in total. The van der Waals surface area contributed by atoms with Gasteiger partial charge in [0.25, 0.3) is 0 Å². The molecule has 13 amide bonds. The Bertz CT molecular complexity index is 4040. The van der Waals surface area contributed by atoms with E-state index in [-0.39, 0.29) is 37.3 Å². The predicted octanol–water partition coefficient (Wildman–Crippen LogP) is -2.70. The monoisotopic (exact) mass is 1530 g/mol. The minimum atomic E-state index is -1.97. The Morgan fingerprint density at radius 3 is 1.64 bits per heavy atom. The Morgan fingerprint density at radius 1 is 0.570 bits per heavy atom. The molecule has 2 aromatic carbocycles. The Labute approximate surface area is 620 Å². The molecule has 0 spiro atoms. The van der Waals surface area contributed by atoms with Crippen LogP contribution in [0, 0.1) is 11.8 Å². The molecule has 1 unspecified atom stereocenters. The molecule has 5 aromatic rings. The lowest BCUT2D eigenvalue weighted by molar-refractivity contribution is -0.145. The van der Waals surface area contributed by atoms with Crippen LogP contribution in [0.1, 0.15) is 97.9 Å². The highest BCUT2D eigenvalue weighted by molar-refractivity contribution is 8.76. The number of aromatic amines is 3. The van der Waals surface area contributed by atoms with Crippen LogP contribution in [0.5, 0.6) is 0 Å². The van der Waals surface area contributed by atoms with Crippen molar-refractivity contribution >= 4 is 138 Å². The highest BCUT2D eigenvalue weighted by Crippen LogP contribution is 2.25. The minimum Gasteiger partial charge on any atom is -0.481 e. The molecule has 13 atom stereocenters.